The number of imide groups is 2. The highest BCUT2D eigenvalue weighted by Gasteiger charge is 2.43. The summed E-state index contributed by atoms with van der Waals surface area (Å²) in [5.41, 5.74) is 0. The maximum absolute atomic E-state index is 11.3. The van der Waals surface area contributed by atoms with Gasteiger partial charge in [0, 0.05) is 13.2 Å². The molecule has 0 aromatic rings. The summed E-state index contributed by atoms with van der Waals surface area (Å²) in [6.45, 7) is 0. The standard InChI is InChI=1S/C9H12N2O4/c1-15-6-3-2-5(4-6)11-8(13)7(12)10-9(11)14/h5-6H,2-4H2,1H3,(H,10,12,14). The zero-order valence-corrected chi connectivity index (χ0v) is 8.36. The van der Waals surface area contributed by atoms with E-state index in [0.717, 1.165) is 11.3 Å². The zero-order chi connectivity index (χ0) is 11.0. The summed E-state index contributed by atoms with van der Waals surface area (Å²) in [5.74, 6) is -1.58. The number of hydrogen-bond donors (Lipinski definition) is 1. The van der Waals surface area contributed by atoms with E-state index in [1.165, 1.54) is 0 Å². The van der Waals surface area contributed by atoms with Gasteiger partial charge in [0.1, 0.15) is 0 Å². The zero-order valence-electron chi connectivity index (χ0n) is 8.36. The van der Waals surface area contributed by atoms with Crippen LogP contribution in [-0.2, 0) is 14.3 Å². The van der Waals surface area contributed by atoms with E-state index in [-0.39, 0.29) is 12.1 Å². The molecule has 1 aliphatic carbocycles. The van der Waals surface area contributed by atoms with Crippen LogP contribution in [0.3, 0.4) is 0 Å². The fourth-order valence-corrected chi connectivity index (χ4v) is 2.11. The second-order valence-corrected chi connectivity index (χ2v) is 3.76. The maximum Gasteiger partial charge on any atom is 0.331 e. The van der Waals surface area contributed by atoms with E-state index in [2.05, 4.69) is 0 Å². The SMILES string of the molecule is COC1CCC(N2C(=O)NC(=O)C2=O)C1. The van der Waals surface area contributed by atoms with E-state index in [0.29, 0.717) is 12.8 Å². The molecule has 0 aromatic carbocycles. The van der Waals surface area contributed by atoms with Crippen molar-refractivity contribution in [3.8, 4) is 0 Å². The van der Waals surface area contributed by atoms with Crippen LogP contribution >= 0.6 is 0 Å². The third-order valence-corrected chi connectivity index (χ3v) is 2.91. The first-order valence-corrected chi connectivity index (χ1v) is 4.84. The molecule has 15 heavy (non-hydrogen) atoms. The van der Waals surface area contributed by atoms with Crippen molar-refractivity contribution in [1.82, 2.24) is 10.2 Å². The number of methoxy groups -OCH3 is 1. The van der Waals surface area contributed by atoms with Crippen LogP contribution in [0.4, 0.5) is 4.79 Å². The Hall–Kier alpha value is -1.43. The Morgan fingerprint density at radius 3 is 2.53 bits per heavy atom. The summed E-state index contributed by atoms with van der Waals surface area (Å²) in [6, 6.07) is -0.805. The van der Waals surface area contributed by atoms with Crippen LogP contribution in [0.5, 0.6) is 0 Å². The molecule has 1 aliphatic heterocycles. The van der Waals surface area contributed by atoms with Crippen LogP contribution in [0.25, 0.3) is 0 Å². The minimum atomic E-state index is -0.833. The monoisotopic (exact) mass is 212 g/mol. The number of rotatable bonds is 2. The summed E-state index contributed by atoms with van der Waals surface area (Å²) in [4.78, 5) is 34.6. The Morgan fingerprint density at radius 1 is 1.33 bits per heavy atom. The van der Waals surface area contributed by atoms with Gasteiger partial charge in [-0.1, -0.05) is 0 Å². The largest absolute Gasteiger partial charge is 0.381 e. The topological polar surface area (TPSA) is 75.7 Å². The third kappa shape index (κ3) is 1.61. The Morgan fingerprint density at radius 2 is 2.07 bits per heavy atom. The Balaban J connectivity index is 2.08. The molecule has 2 rings (SSSR count). The quantitative estimate of drug-likeness (QED) is 0.500. The molecule has 6 nitrogen and oxygen atoms in total. The first kappa shape index (κ1) is 10.1. The van der Waals surface area contributed by atoms with E-state index in [4.69, 9.17) is 4.74 Å². The molecule has 2 atom stereocenters. The number of nitrogens with one attached hydrogen (secondary N) is 1. The number of carbonyl (C=O) groups is 3. The molecule has 0 aromatic heterocycles. The fraction of sp³-hybridized carbons (Fsp3) is 0.667. The molecule has 2 unspecified atom stereocenters. The van der Waals surface area contributed by atoms with Crippen LogP contribution in [-0.4, -0.2) is 42.0 Å². The molecular weight excluding hydrogens is 200 g/mol. The van der Waals surface area contributed by atoms with Gasteiger partial charge in [-0.3, -0.25) is 19.8 Å². The lowest BCUT2D eigenvalue weighted by Crippen LogP contribution is -2.39. The lowest BCUT2D eigenvalue weighted by Gasteiger charge is -2.19. The van der Waals surface area contributed by atoms with Crippen molar-refractivity contribution in [2.24, 2.45) is 0 Å². The van der Waals surface area contributed by atoms with Gasteiger partial charge in [0.15, 0.2) is 0 Å². The van der Waals surface area contributed by atoms with Gasteiger partial charge in [0.05, 0.1) is 6.10 Å². The van der Waals surface area contributed by atoms with Crippen LogP contribution in [0.15, 0.2) is 0 Å². The minimum Gasteiger partial charge on any atom is -0.381 e. The van der Waals surface area contributed by atoms with Crippen LogP contribution in [0.1, 0.15) is 19.3 Å². The molecule has 0 spiro atoms. The van der Waals surface area contributed by atoms with E-state index in [9.17, 15) is 14.4 Å². The predicted octanol–water partition coefficient (Wildman–Crippen LogP) is -0.368. The second-order valence-electron chi connectivity index (χ2n) is 3.76. The van der Waals surface area contributed by atoms with E-state index < -0.39 is 17.8 Å². The molecule has 1 N–H and O–H groups in total. The van der Waals surface area contributed by atoms with Crippen molar-refractivity contribution in [2.45, 2.75) is 31.4 Å². The highest BCUT2D eigenvalue weighted by Crippen LogP contribution is 2.27. The number of ether oxygens (including phenoxy) is 1. The van der Waals surface area contributed by atoms with Crippen LogP contribution in [0.2, 0.25) is 0 Å². The first-order chi connectivity index (χ1) is 7.13. The Kier molecular flexibility index (Phi) is 2.44. The number of hydrogen-bond acceptors (Lipinski definition) is 4. The van der Waals surface area contributed by atoms with Crippen molar-refractivity contribution >= 4 is 17.8 Å². The molecular formula is C9H12N2O4. The van der Waals surface area contributed by atoms with E-state index >= 15 is 0 Å². The predicted molar refractivity (Wildman–Crippen MR) is 48.8 cm³/mol. The molecule has 4 amide bonds. The lowest BCUT2D eigenvalue weighted by molar-refractivity contribution is -0.141. The fourth-order valence-electron chi connectivity index (χ4n) is 2.11. The summed E-state index contributed by atoms with van der Waals surface area (Å²) in [7, 11) is 1.60. The molecule has 2 aliphatic rings. The van der Waals surface area contributed by atoms with Crippen LogP contribution in [0, 0.1) is 0 Å². The van der Waals surface area contributed by atoms with Gasteiger partial charge < -0.3 is 4.74 Å². The normalized spacial score (nSPS) is 31.3. The Bertz CT molecular complexity index is 328. The summed E-state index contributed by atoms with van der Waals surface area (Å²) >= 11 is 0. The highest BCUT2D eigenvalue weighted by atomic mass is 16.5. The van der Waals surface area contributed by atoms with Crippen molar-refractivity contribution in [2.75, 3.05) is 7.11 Å². The van der Waals surface area contributed by atoms with Crippen molar-refractivity contribution in [3.63, 3.8) is 0 Å². The van der Waals surface area contributed by atoms with Gasteiger partial charge in [-0.2, -0.15) is 0 Å². The van der Waals surface area contributed by atoms with Gasteiger partial charge in [-0.05, 0) is 19.3 Å². The molecule has 1 saturated carbocycles. The van der Waals surface area contributed by atoms with Crippen molar-refractivity contribution < 1.29 is 19.1 Å². The molecule has 2 fully saturated rings. The van der Waals surface area contributed by atoms with E-state index in [1.807, 2.05) is 5.32 Å². The molecule has 82 valence electrons. The number of urea groups is 1. The first-order valence-electron chi connectivity index (χ1n) is 4.84. The number of carbonyl (C=O) groups excluding carboxylic acids is 3. The minimum absolute atomic E-state index is 0.0753. The van der Waals surface area contributed by atoms with Gasteiger partial charge in [-0.15, -0.1) is 0 Å². The number of amides is 4. The summed E-state index contributed by atoms with van der Waals surface area (Å²) in [6.07, 6.45) is 2.20. The molecule has 1 heterocycles. The average molecular weight is 212 g/mol. The smallest absolute Gasteiger partial charge is 0.331 e. The summed E-state index contributed by atoms with van der Waals surface area (Å²) < 4.78 is 5.14. The molecule has 0 bridgehead atoms. The van der Waals surface area contributed by atoms with Gasteiger partial charge in [0.25, 0.3) is 0 Å². The van der Waals surface area contributed by atoms with Crippen LogP contribution < -0.4 is 5.32 Å². The second kappa shape index (κ2) is 3.62. The summed E-state index contributed by atoms with van der Waals surface area (Å²) in [5, 5.41) is 1.98. The lowest BCUT2D eigenvalue weighted by atomic mass is 10.2. The molecule has 6 heteroatoms. The Labute approximate surface area is 86.6 Å². The van der Waals surface area contributed by atoms with Crippen molar-refractivity contribution in [1.29, 1.82) is 0 Å². The number of nitrogens with zero attached hydrogens (tertiary/aromatic N) is 1. The molecule has 0 radical (unpaired) electrons. The van der Waals surface area contributed by atoms with Crippen molar-refractivity contribution in [3.05, 3.63) is 0 Å². The molecule has 1 saturated heterocycles. The maximum atomic E-state index is 11.3. The van der Waals surface area contributed by atoms with Gasteiger partial charge in [-0.25, -0.2) is 4.79 Å². The third-order valence-electron chi connectivity index (χ3n) is 2.91. The highest BCUT2D eigenvalue weighted by molar-refractivity contribution is 6.44. The van der Waals surface area contributed by atoms with E-state index in [1.54, 1.807) is 7.11 Å². The average Bonchev–Trinajstić information content (AvgIpc) is 2.74. The van der Waals surface area contributed by atoms with Gasteiger partial charge >= 0.3 is 17.8 Å². The van der Waals surface area contributed by atoms with Gasteiger partial charge in [0.2, 0.25) is 0 Å².